The van der Waals surface area contributed by atoms with Gasteiger partial charge in [-0.1, -0.05) is 18.2 Å². The smallest absolute Gasteiger partial charge is 0.354 e. The van der Waals surface area contributed by atoms with Crippen LogP contribution in [-0.2, 0) is 16.4 Å². The molecule has 1 aromatic rings. The van der Waals surface area contributed by atoms with E-state index in [1.165, 1.54) is 6.07 Å². The molecule has 1 saturated heterocycles. The van der Waals surface area contributed by atoms with E-state index in [-0.39, 0.29) is 11.9 Å². The number of alkyl halides is 3. The second-order valence-electron chi connectivity index (χ2n) is 6.21. The van der Waals surface area contributed by atoms with Crippen molar-refractivity contribution in [1.29, 1.82) is 0 Å². The summed E-state index contributed by atoms with van der Waals surface area (Å²) in [5.74, 6) is -0.263. The first-order chi connectivity index (χ1) is 10.2. The van der Waals surface area contributed by atoms with Crippen LogP contribution in [0, 0.1) is 0 Å². The van der Waals surface area contributed by atoms with Crippen molar-refractivity contribution in [3.8, 4) is 0 Å². The monoisotopic (exact) mass is 314 g/mol. The van der Waals surface area contributed by atoms with E-state index in [1.807, 2.05) is 0 Å². The molecule has 1 fully saturated rings. The average Bonchev–Trinajstić information content (AvgIpc) is 2.97. The molecule has 0 spiro atoms. The molecule has 0 radical (unpaired) electrons. The van der Waals surface area contributed by atoms with Gasteiger partial charge in [-0.15, -0.1) is 0 Å². The van der Waals surface area contributed by atoms with Crippen molar-refractivity contribution in [1.82, 2.24) is 10.6 Å². The number of benzene rings is 1. The van der Waals surface area contributed by atoms with Gasteiger partial charge >= 0.3 is 6.18 Å². The van der Waals surface area contributed by atoms with Crippen LogP contribution in [0.1, 0.15) is 37.8 Å². The third-order valence-corrected chi connectivity index (χ3v) is 4.15. The Morgan fingerprint density at radius 1 is 1.32 bits per heavy atom. The molecule has 1 atom stereocenters. The summed E-state index contributed by atoms with van der Waals surface area (Å²) < 4.78 is 38.4. The van der Waals surface area contributed by atoms with Gasteiger partial charge in [-0.25, -0.2) is 0 Å². The maximum absolute atomic E-state index is 12.8. The fraction of sp³-hybridized carbons (Fsp3) is 0.562. The van der Waals surface area contributed by atoms with E-state index in [2.05, 4.69) is 10.6 Å². The highest BCUT2D eigenvalue weighted by atomic mass is 19.4. The summed E-state index contributed by atoms with van der Waals surface area (Å²) >= 11 is 0. The first kappa shape index (κ1) is 16.8. The van der Waals surface area contributed by atoms with Crippen LogP contribution in [-0.4, -0.2) is 25.0 Å². The van der Waals surface area contributed by atoms with E-state index >= 15 is 0 Å². The molecule has 3 nitrogen and oxygen atoms in total. The molecule has 0 aromatic heterocycles. The summed E-state index contributed by atoms with van der Waals surface area (Å²) in [5, 5.41) is 6.11. The summed E-state index contributed by atoms with van der Waals surface area (Å²) in [6.07, 6.45) is -2.32. The molecule has 1 unspecified atom stereocenters. The lowest BCUT2D eigenvalue weighted by Gasteiger charge is -2.26. The first-order valence-corrected chi connectivity index (χ1v) is 7.40. The first-order valence-electron chi connectivity index (χ1n) is 7.40. The minimum absolute atomic E-state index is 0.251. The molecule has 2 rings (SSSR count). The number of carbonyl (C=O) groups is 1. The van der Waals surface area contributed by atoms with Gasteiger partial charge in [0, 0.05) is 12.6 Å². The lowest BCUT2D eigenvalue weighted by Crippen LogP contribution is -2.45. The van der Waals surface area contributed by atoms with Crippen molar-refractivity contribution in [3.63, 3.8) is 0 Å². The Labute approximate surface area is 128 Å². The fourth-order valence-electron chi connectivity index (χ4n) is 2.58. The number of rotatable bonds is 4. The molecule has 1 aromatic carbocycles. The lowest BCUT2D eigenvalue weighted by molar-refractivity contribution is -0.137. The zero-order valence-corrected chi connectivity index (χ0v) is 12.8. The van der Waals surface area contributed by atoms with Crippen molar-refractivity contribution in [3.05, 3.63) is 35.4 Å². The van der Waals surface area contributed by atoms with Crippen LogP contribution in [0.4, 0.5) is 13.2 Å². The summed E-state index contributed by atoms with van der Waals surface area (Å²) in [6, 6.07) is 5.21. The number of hydrogen-bond donors (Lipinski definition) is 2. The van der Waals surface area contributed by atoms with E-state index in [0.29, 0.717) is 12.1 Å². The molecule has 0 bridgehead atoms. The number of nitrogens with one attached hydrogen (secondary N) is 2. The van der Waals surface area contributed by atoms with Gasteiger partial charge in [0.2, 0.25) is 5.91 Å². The molecule has 1 aliphatic heterocycles. The Morgan fingerprint density at radius 3 is 2.59 bits per heavy atom. The lowest BCUT2D eigenvalue weighted by atomic mass is 9.83. The predicted octanol–water partition coefficient (Wildman–Crippen LogP) is 2.85. The summed E-state index contributed by atoms with van der Waals surface area (Å²) in [4.78, 5) is 12.4. The third-order valence-electron chi connectivity index (χ3n) is 4.15. The van der Waals surface area contributed by atoms with E-state index < -0.39 is 17.2 Å². The number of amides is 1. The molecule has 2 N–H and O–H groups in total. The second kappa shape index (κ2) is 6.28. The molecule has 1 aliphatic rings. The highest BCUT2D eigenvalue weighted by Crippen LogP contribution is 2.32. The van der Waals surface area contributed by atoms with Crippen LogP contribution in [0.5, 0.6) is 0 Å². The highest BCUT2D eigenvalue weighted by molar-refractivity contribution is 5.87. The SMILES string of the molecule is CC(C)(C(=O)NCC1CCCN1)c1cccc(C(F)(F)F)c1. The van der Waals surface area contributed by atoms with Crippen molar-refractivity contribution in [2.24, 2.45) is 0 Å². The average molecular weight is 314 g/mol. The Morgan fingerprint density at radius 2 is 2.00 bits per heavy atom. The molecule has 1 amide bonds. The van der Waals surface area contributed by atoms with Crippen LogP contribution in [0.2, 0.25) is 0 Å². The molecule has 1 heterocycles. The van der Waals surface area contributed by atoms with Crippen molar-refractivity contribution >= 4 is 5.91 Å². The van der Waals surface area contributed by atoms with E-state index in [9.17, 15) is 18.0 Å². The molecule has 6 heteroatoms. The van der Waals surface area contributed by atoms with Crippen molar-refractivity contribution < 1.29 is 18.0 Å². The summed E-state index contributed by atoms with van der Waals surface area (Å²) in [7, 11) is 0. The van der Waals surface area contributed by atoms with Crippen LogP contribution in [0.25, 0.3) is 0 Å². The number of carbonyl (C=O) groups excluding carboxylic acids is 1. The van der Waals surface area contributed by atoms with Crippen LogP contribution in [0.3, 0.4) is 0 Å². The quantitative estimate of drug-likeness (QED) is 0.897. The Bertz CT molecular complexity index is 534. The van der Waals surface area contributed by atoms with Gasteiger partial charge in [-0.3, -0.25) is 4.79 Å². The van der Waals surface area contributed by atoms with Gasteiger partial charge < -0.3 is 10.6 Å². The third kappa shape index (κ3) is 3.80. The minimum atomic E-state index is -4.41. The second-order valence-corrected chi connectivity index (χ2v) is 6.21. The molecule has 0 aliphatic carbocycles. The maximum atomic E-state index is 12.8. The van der Waals surface area contributed by atoms with Crippen molar-refractivity contribution in [2.75, 3.05) is 13.1 Å². The zero-order valence-electron chi connectivity index (χ0n) is 12.8. The Balaban J connectivity index is 2.09. The standard InChI is InChI=1S/C16H21F3N2O/c1-15(2,14(22)21-10-13-7-4-8-20-13)11-5-3-6-12(9-11)16(17,18)19/h3,5-6,9,13,20H,4,7-8,10H2,1-2H3,(H,21,22). The molecular weight excluding hydrogens is 293 g/mol. The van der Waals surface area contributed by atoms with E-state index in [0.717, 1.165) is 31.5 Å². The normalized spacial score (nSPS) is 19.2. The van der Waals surface area contributed by atoms with Crippen LogP contribution in [0.15, 0.2) is 24.3 Å². The van der Waals surface area contributed by atoms with Gasteiger partial charge in [-0.05, 0) is 44.9 Å². The van der Waals surface area contributed by atoms with E-state index in [4.69, 9.17) is 0 Å². The minimum Gasteiger partial charge on any atom is -0.354 e. The summed E-state index contributed by atoms with van der Waals surface area (Å²) in [6.45, 7) is 4.72. The molecular formula is C16H21F3N2O. The Kier molecular flexibility index (Phi) is 4.80. The zero-order chi connectivity index (χ0) is 16.4. The highest BCUT2D eigenvalue weighted by Gasteiger charge is 2.35. The molecule has 0 saturated carbocycles. The summed E-state index contributed by atoms with van der Waals surface area (Å²) in [5.41, 5.74) is -1.39. The van der Waals surface area contributed by atoms with E-state index in [1.54, 1.807) is 19.9 Å². The fourth-order valence-corrected chi connectivity index (χ4v) is 2.58. The molecule has 22 heavy (non-hydrogen) atoms. The number of hydrogen-bond acceptors (Lipinski definition) is 2. The maximum Gasteiger partial charge on any atom is 0.416 e. The Hall–Kier alpha value is -1.56. The van der Waals surface area contributed by atoms with Gasteiger partial charge in [-0.2, -0.15) is 13.2 Å². The van der Waals surface area contributed by atoms with Crippen LogP contribution >= 0.6 is 0 Å². The van der Waals surface area contributed by atoms with Gasteiger partial charge in [0.1, 0.15) is 0 Å². The predicted molar refractivity (Wildman–Crippen MR) is 78.5 cm³/mol. The largest absolute Gasteiger partial charge is 0.416 e. The topological polar surface area (TPSA) is 41.1 Å². The van der Waals surface area contributed by atoms with Gasteiger partial charge in [0.05, 0.1) is 11.0 Å². The van der Waals surface area contributed by atoms with Crippen molar-refractivity contribution in [2.45, 2.75) is 44.3 Å². The van der Waals surface area contributed by atoms with Gasteiger partial charge in [0.25, 0.3) is 0 Å². The van der Waals surface area contributed by atoms with Gasteiger partial charge in [0.15, 0.2) is 0 Å². The molecule has 122 valence electrons. The van der Waals surface area contributed by atoms with Crippen LogP contribution < -0.4 is 10.6 Å². The number of halogens is 3.